The maximum atomic E-state index is 11.8. The normalized spacial score (nSPS) is 15.6. The van der Waals surface area contributed by atoms with E-state index in [9.17, 15) is 4.21 Å². The maximum absolute atomic E-state index is 11.8. The molecular formula is C20H20N2O2S2. The first-order chi connectivity index (χ1) is 12.7. The predicted octanol–water partition coefficient (Wildman–Crippen LogP) is 4.04. The second-order valence-corrected chi connectivity index (χ2v) is 8.68. The molecule has 134 valence electrons. The van der Waals surface area contributed by atoms with Gasteiger partial charge in [-0.1, -0.05) is 36.4 Å². The Morgan fingerprint density at radius 3 is 2.85 bits per heavy atom. The van der Waals surface area contributed by atoms with E-state index in [1.54, 1.807) is 11.3 Å². The third-order valence-electron chi connectivity index (χ3n) is 4.57. The highest BCUT2D eigenvalue weighted by Gasteiger charge is 2.19. The zero-order valence-electron chi connectivity index (χ0n) is 14.6. The van der Waals surface area contributed by atoms with Crippen LogP contribution in [0.4, 0.5) is 0 Å². The number of thiazole rings is 1. The van der Waals surface area contributed by atoms with Crippen LogP contribution in [0.15, 0.2) is 59.6 Å². The SMILES string of the molecule is COS(=O)c1ccc2c(c1)CCN(Cc1cnc(-c3ccccc3)s1)C2. The summed E-state index contributed by atoms with van der Waals surface area (Å²) >= 11 is 0.396. The predicted molar refractivity (Wildman–Crippen MR) is 105 cm³/mol. The first-order valence-corrected chi connectivity index (χ1v) is 10.4. The molecule has 0 amide bonds. The third-order valence-corrected chi connectivity index (χ3v) is 6.54. The molecule has 0 bridgehead atoms. The van der Waals surface area contributed by atoms with Crippen LogP contribution in [0, 0.1) is 0 Å². The lowest BCUT2D eigenvalue weighted by Gasteiger charge is -2.28. The van der Waals surface area contributed by atoms with Crippen molar-refractivity contribution in [2.75, 3.05) is 13.7 Å². The second-order valence-electron chi connectivity index (χ2n) is 6.29. The van der Waals surface area contributed by atoms with Crippen LogP contribution in [0.25, 0.3) is 10.6 Å². The van der Waals surface area contributed by atoms with Crippen molar-refractivity contribution in [3.63, 3.8) is 0 Å². The fourth-order valence-electron chi connectivity index (χ4n) is 3.24. The quantitative estimate of drug-likeness (QED) is 0.666. The summed E-state index contributed by atoms with van der Waals surface area (Å²) in [6, 6.07) is 16.3. The van der Waals surface area contributed by atoms with Crippen LogP contribution in [0.5, 0.6) is 0 Å². The van der Waals surface area contributed by atoms with Crippen LogP contribution in [0.1, 0.15) is 16.0 Å². The van der Waals surface area contributed by atoms with Gasteiger partial charge in [0.2, 0.25) is 0 Å². The summed E-state index contributed by atoms with van der Waals surface area (Å²) in [5.74, 6) is 0. The van der Waals surface area contributed by atoms with E-state index in [0.29, 0.717) is 0 Å². The van der Waals surface area contributed by atoms with Crippen molar-refractivity contribution in [3.05, 3.63) is 70.7 Å². The van der Waals surface area contributed by atoms with Gasteiger partial charge in [-0.3, -0.25) is 9.08 Å². The van der Waals surface area contributed by atoms with Gasteiger partial charge in [-0.15, -0.1) is 11.3 Å². The van der Waals surface area contributed by atoms with E-state index in [-0.39, 0.29) is 0 Å². The van der Waals surface area contributed by atoms with Crippen molar-refractivity contribution < 1.29 is 8.39 Å². The highest BCUT2D eigenvalue weighted by atomic mass is 32.2. The molecule has 1 unspecified atom stereocenters. The molecule has 0 radical (unpaired) electrons. The van der Waals surface area contributed by atoms with Crippen molar-refractivity contribution in [2.24, 2.45) is 0 Å². The molecule has 1 aliphatic heterocycles. The van der Waals surface area contributed by atoms with Gasteiger partial charge in [0.15, 0.2) is 11.1 Å². The zero-order valence-corrected chi connectivity index (χ0v) is 16.2. The Bertz CT molecular complexity index is 925. The minimum absolute atomic E-state index is 0.745. The lowest BCUT2D eigenvalue weighted by molar-refractivity contribution is 0.247. The molecular weight excluding hydrogens is 364 g/mol. The van der Waals surface area contributed by atoms with Crippen molar-refractivity contribution in [3.8, 4) is 10.6 Å². The van der Waals surface area contributed by atoms with Gasteiger partial charge in [0.25, 0.3) is 0 Å². The van der Waals surface area contributed by atoms with Crippen LogP contribution in [0.3, 0.4) is 0 Å². The molecule has 1 aromatic heterocycles. The molecule has 4 nitrogen and oxygen atoms in total. The number of fused-ring (bicyclic) bond motifs is 1. The average Bonchev–Trinajstić information content (AvgIpc) is 3.16. The molecule has 6 heteroatoms. The van der Waals surface area contributed by atoms with Crippen LogP contribution >= 0.6 is 11.3 Å². The van der Waals surface area contributed by atoms with Gasteiger partial charge >= 0.3 is 0 Å². The van der Waals surface area contributed by atoms with E-state index in [1.807, 2.05) is 36.5 Å². The van der Waals surface area contributed by atoms with Gasteiger partial charge in [-0.25, -0.2) is 9.19 Å². The van der Waals surface area contributed by atoms with Gasteiger partial charge < -0.3 is 0 Å². The van der Waals surface area contributed by atoms with Gasteiger partial charge in [-0.05, 0) is 29.7 Å². The van der Waals surface area contributed by atoms with Crippen molar-refractivity contribution >= 4 is 22.4 Å². The van der Waals surface area contributed by atoms with Gasteiger partial charge in [0.1, 0.15) is 5.01 Å². The average molecular weight is 385 g/mol. The second kappa shape index (κ2) is 7.80. The molecule has 3 aromatic rings. The van der Waals surface area contributed by atoms with Crippen LogP contribution in [-0.2, 0) is 34.8 Å². The van der Waals surface area contributed by atoms with Crippen molar-refractivity contribution in [1.82, 2.24) is 9.88 Å². The molecule has 0 saturated carbocycles. The highest BCUT2D eigenvalue weighted by Crippen LogP contribution is 2.28. The summed E-state index contributed by atoms with van der Waals surface area (Å²) in [4.78, 5) is 9.05. The first kappa shape index (κ1) is 17.5. The molecule has 0 aliphatic carbocycles. The first-order valence-electron chi connectivity index (χ1n) is 8.53. The zero-order chi connectivity index (χ0) is 17.9. The minimum atomic E-state index is -1.36. The fourth-order valence-corrected chi connectivity index (χ4v) is 4.81. The Labute approximate surface area is 160 Å². The number of rotatable bonds is 5. The van der Waals surface area contributed by atoms with E-state index >= 15 is 0 Å². The highest BCUT2D eigenvalue weighted by molar-refractivity contribution is 7.80. The summed E-state index contributed by atoms with van der Waals surface area (Å²) in [5.41, 5.74) is 3.76. The molecule has 2 heterocycles. The van der Waals surface area contributed by atoms with E-state index in [0.717, 1.165) is 36.0 Å². The number of aromatic nitrogens is 1. The Balaban J connectivity index is 1.45. The van der Waals surface area contributed by atoms with E-state index in [4.69, 9.17) is 4.18 Å². The molecule has 4 rings (SSSR count). The minimum Gasteiger partial charge on any atom is -0.294 e. The molecule has 0 fully saturated rings. The molecule has 26 heavy (non-hydrogen) atoms. The molecule has 0 N–H and O–H groups in total. The lowest BCUT2D eigenvalue weighted by Crippen LogP contribution is -2.29. The Morgan fingerprint density at radius 2 is 2.04 bits per heavy atom. The maximum Gasteiger partial charge on any atom is 0.188 e. The smallest absolute Gasteiger partial charge is 0.188 e. The monoisotopic (exact) mass is 384 g/mol. The van der Waals surface area contributed by atoms with Crippen LogP contribution in [0.2, 0.25) is 0 Å². The van der Waals surface area contributed by atoms with Gasteiger partial charge in [0, 0.05) is 36.3 Å². The molecule has 1 aliphatic rings. The van der Waals surface area contributed by atoms with E-state index < -0.39 is 11.1 Å². The number of benzene rings is 2. The largest absolute Gasteiger partial charge is 0.294 e. The van der Waals surface area contributed by atoms with Gasteiger partial charge in [0.05, 0.1) is 12.0 Å². The summed E-state index contributed by atoms with van der Waals surface area (Å²) in [6.45, 7) is 2.82. The van der Waals surface area contributed by atoms with Crippen molar-refractivity contribution in [1.29, 1.82) is 0 Å². The lowest BCUT2D eigenvalue weighted by atomic mass is 10.00. The summed E-state index contributed by atoms with van der Waals surface area (Å²) in [6.07, 6.45) is 2.96. The van der Waals surface area contributed by atoms with E-state index in [1.165, 1.54) is 28.7 Å². The molecule has 0 saturated heterocycles. The van der Waals surface area contributed by atoms with Crippen molar-refractivity contribution in [2.45, 2.75) is 24.4 Å². The number of hydrogen-bond donors (Lipinski definition) is 0. The van der Waals surface area contributed by atoms with Crippen LogP contribution < -0.4 is 0 Å². The fraction of sp³-hybridized carbons (Fsp3) is 0.250. The van der Waals surface area contributed by atoms with E-state index in [2.05, 4.69) is 28.1 Å². The Morgan fingerprint density at radius 1 is 1.19 bits per heavy atom. The third kappa shape index (κ3) is 3.78. The summed E-state index contributed by atoms with van der Waals surface area (Å²) < 4.78 is 16.7. The standard InChI is InChI=1S/C20H20N2O2S2/c1-24-26(23)19-8-7-17-13-22(10-9-16(17)11-19)14-18-12-21-20(25-18)15-5-3-2-4-6-15/h2-8,11-12H,9-10,13-14H2,1H3. The summed E-state index contributed by atoms with van der Waals surface area (Å²) in [5, 5.41) is 1.07. The topological polar surface area (TPSA) is 42.4 Å². The number of hydrogen-bond acceptors (Lipinski definition) is 5. The summed E-state index contributed by atoms with van der Waals surface area (Å²) in [7, 11) is 1.47. The number of nitrogens with zero attached hydrogens (tertiary/aromatic N) is 2. The molecule has 0 spiro atoms. The van der Waals surface area contributed by atoms with Crippen LogP contribution in [-0.4, -0.2) is 27.7 Å². The Kier molecular flexibility index (Phi) is 5.26. The molecule has 2 aromatic carbocycles. The molecule has 1 atom stereocenters. The Hall–Kier alpha value is -1.86. The van der Waals surface area contributed by atoms with Gasteiger partial charge in [-0.2, -0.15) is 0 Å².